The number of rotatable bonds is 6. The normalized spacial score (nSPS) is 15.5. The van der Waals surface area contributed by atoms with Crippen molar-refractivity contribution in [3.05, 3.63) is 60.4 Å². The number of halogens is 1. The number of morpholine rings is 1. The summed E-state index contributed by atoms with van der Waals surface area (Å²) in [6.07, 6.45) is 2.89. The van der Waals surface area contributed by atoms with Gasteiger partial charge in [0, 0.05) is 30.6 Å². The zero-order valence-electron chi connectivity index (χ0n) is 15.3. The lowest BCUT2D eigenvalue weighted by Gasteiger charge is -2.25. The molecule has 0 atom stereocenters. The van der Waals surface area contributed by atoms with Crippen LogP contribution >= 0.6 is 11.8 Å². The van der Waals surface area contributed by atoms with Crippen LogP contribution in [0, 0.1) is 5.82 Å². The summed E-state index contributed by atoms with van der Waals surface area (Å²) in [6.45, 7) is 1.49. The number of hydrogen-bond donors (Lipinski definition) is 0. The number of benzene rings is 1. The molecule has 152 valence electrons. The van der Waals surface area contributed by atoms with Crippen molar-refractivity contribution in [2.24, 2.45) is 0 Å². The second-order valence-electron chi connectivity index (χ2n) is 6.29. The van der Waals surface area contributed by atoms with Gasteiger partial charge in [0.25, 0.3) is 0 Å². The van der Waals surface area contributed by atoms with Crippen molar-refractivity contribution >= 4 is 21.8 Å². The van der Waals surface area contributed by atoms with Gasteiger partial charge in [-0.3, -0.25) is 0 Å². The van der Waals surface area contributed by atoms with Crippen molar-refractivity contribution in [2.45, 2.75) is 15.7 Å². The average Bonchev–Trinajstić information content (AvgIpc) is 3.22. The van der Waals surface area contributed by atoms with Gasteiger partial charge < -0.3 is 9.15 Å². The minimum absolute atomic E-state index is 0.165. The maximum atomic E-state index is 13.3. The summed E-state index contributed by atoms with van der Waals surface area (Å²) in [7, 11) is -3.55. The van der Waals surface area contributed by atoms with Gasteiger partial charge in [-0.1, -0.05) is 17.8 Å². The fourth-order valence-electron chi connectivity index (χ4n) is 2.82. The number of hydrogen-bond acceptors (Lipinski definition) is 7. The Labute approximate surface area is 172 Å². The highest BCUT2D eigenvalue weighted by Gasteiger charge is 2.26. The standard InChI is InChI=1S/C19H18FN3O4S2/c20-15-3-1-2-14(10-15)19-22-16(12-27-19)13-28-18-5-4-17(11-21-18)29(24,25)23-6-8-26-9-7-23/h1-5,10-12H,6-9,13H2. The van der Waals surface area contributed by atoms with E-state index < -0.39 is 10.0 Å². The van der Waals surface area contributed by atoms with E-state index >= 15 is 0 Å². The molecule has 29 heavy (non-hydrogen) atoms. The number of thioether (sulfide) groups is 1. The van der Waals surface area contributed by atoms with Crippen molar-refractivity contribution in [3.8, 4) is 11.5 Å². The molecule has 3 heterocycles. The van der Waals surface area contributed by atoms with Crippen LogP contribution in [0.5, 0.6) is 0 Å². The summed E-state index contributed by atoms with van der Waals surface area (Å²) in [5, 5.41) is 0.668. The SMILES string of the molecule is O=S(=O)(c1ccc(SCc2coc(-c3cccc(F)c3)n2)nc1)N1CCOCC1. The largest absolute Gasteiger partial charge is 0.444 e. The quantitative estimate of drug-likeness (QED) is 0.550. The maximum absolute atomic E-state index is 13.3. The molecule has 0 spiro atoms. The van der Waals surface area contributed by atoms with Crippen LogP contribution < -0.4 is 0 Å². The summed E-state index contributed by atoms with van der Waals surface area (Å²) in [5.74, 6) is 0.481. The van der Waals surface area contributed by atoms with Crippen LogP contribution in [0.4, 0.5) is 4.39 Å². The molecule has 0 aliphatic carbocycles. The van der Waals surface area contributed by atoms with Gasteiger partial charge in [0.2, 0.25) is 15.9 Å². The Morgan fingerprint density at radius 2 is 2.00 bits per heavy atom. The van der Waals surface area contributed by atoms with E-state index in [1.54, 1.807) is 24.3 Å². The lowest BCUT2D eigenvalue weighted by molar-refractivity contribution is 0.0730. The molecule has 0 amide bonds. The Bertz CT molecular complexity index is 1080. The third-order valence-electron chi connectivity index (χ3n) is 4.31. The highest BCUT2D eigenvalue weighted by atomic mass is 32.2. The molecular formula is C19H18FN3O4S2. The smallest absolute Gasteiger partial charge is 0.244 e. The highest BCUT2D eigenvalue weighted by molar-refractivity contribution is 7.98. The molecule has 0 bridgehead atoms. The fraction of sp³-hybridized carbons (Fsp3) is 0.263. The number of aromatic nitrogens is 2. The molecule has 0 saturated carbocycles. The van der Waals surface area contributed by atoms with Gasteiger partial charge in [-0.15, -0.1) is 0 Å². The Balaban J connectivity index is 1.40. The molecule has 7 nitrogen and oxygen atoms in total. The summed E-state index contributed by atoms with van der Waals surface area (Å²) >= 11 is 1.40. The molecule has 1 fully saturated rings. The molecule has 1 aliphatic heterocycles. The van der Waals surface area contributed by atoms with E-state index in [4.69, 9.17) is 9.15 Å². The second kappa shape index (κ2) is 8.62. The van der Waals surface area contributed by atoms with Crippen molar-refractivity contribution in [1.29, 1.82) is 0 Å². The summed E-state index contributed by atoms with van der Waals surface area (Å²) in [5.41, 5.74) is 1.25. The van der Waals surface area contributed by atoms with Gasteiger partial charge in [-0.25, -0.2) is 22.8 Å². The van der Waals surface area contributed by atoms with Crippen molar-refractivity contribution in [3.63, 3.8) is 0 Å². The predicted molar refractivity (Wildman–Crippen MR) is 105 cm³/mol. The van der Waals surface area contributed by atoms with Gasteiger partial charge in [0.15, 0.2) is 0 Å². The minimum atomic E-state index is -3.55. The monoisotopic (exact) mass is 435 g/mol. The molecule has 1 aromatic carbocycles. The third kappa shape index (κ3) is 4.67. The molecule has 2 aromatic heterocycles. The highest BCUT2D eigenvalue weighted by Crippen LogP contribution is 2.25. The van der Waals surface area contributed by atoms with Crippen LogP contribution in [0.15, 0.2) is 63.2 Å². The second-order valence-corrected chi connectivity index (χ2v) is 9.23. The third-order valence-corrected chi connectivity index (χ3v) is 7.17. The van der Waals surface area contributed by atoms with Gasteiger partial charge in [-0.2, -0.15) is 4.31 Å². The number of pyridine rings is 1. The lowest BCUT2D eigenvalue weighted by atomic mass is 10.2. The van der Waals surface area contributed by atoms with Gasteiger partial charge in [-0.05, 0) is 30.3 Å². The molecule has 0 radical (unpaired) electrons. The predicted octanol–water partition coefficient (Wildman–Crippen LogP) is 3.19. The molecule has 0 N–H and O–H groups in total. The van der Waals surface area contributed by atoms with Crippen molar-refractivity contribution in [2.75, 3.05) is 26.3 Å². The van der Waals surface area contributed by atoms with Crippen molar-refractivity contribution < 1.29 is 22.0 Å². The van der Waals surface area contributed by atoms with Gasteiger partial charge in [0.05, 0.1) is 23.9 Å². The zero-order valence-corrected chi connectivity index (χ0v) is 17.0. The summed E-state index contributed by atoms with van der Waals surface area (Å²) < 4.78 is 50.6. The zero-order chi connectivity index (χ0) is 20.3. The molecular weight excluding hydrogens is 417 g/mol. The first-order valence-corrected chi connectivity index (χ1v) is 11.3. The number of oxazole rings is 1. The summed E-state index contributed by atoms with van der Waals surface area (Å²) in [6, 6.07) is 9.27. The number of ether oxygens (including phenoxy) is 1. The minimum Gasteiger partial charge on any atom is -0.444 e. The Morgan fingerprint density at radius 3 is 2.72 bits per heavy atom. The van der Waals surface area contributed by atoms with E-state index in [9.17, 15) is 12.8 Å². The van der Waals surface area contributed by atoms with E-state index in [0.29, 0.717) is 54.2 Å². The van der Waals surface area contributed by atoms with E-state index in [-0.39, 0.29) is 10.7 Å². The number of sulfonamides is 1. The first-order valence-electron chi connectivity index (χ1n) is 8.89. The first-order chi connectivity index (χ1) is 14.0. The Hall–Kier alpha value is -2.27. The van der Waals surface area contributed by atoms with Gasteiger partial charge in [0.1, 0.15) is 17.0 Å². The maximum Gasteiger partial charge on any atom is 0.244 e. The Kier molecular flexibility index (Phi) is 5.95. The number of nitrogens with zero attached hydrogens (tertiary/aromatic N) is 3. The first kappa shape index (κ1) is 20.0. The molecule has 1 aliphatic rings. The topological polar surface area (TPSA) is 85.5 Å². The van der Waals surface area contributed by atoms with E-state index in [2.05, 4.69) is 9.97 Å². The molecule has 3 aromatic rings. The lowest BCUT2D eigenvalue weighted by Crippen LogP contribution is -2.40. The van der Waals surface area contributed by atoms with Crippen LogP contribution in [0.25, 0.3) is 11.5 Å². The molecule has 0 unspecified atom stereocenters. The van der Waals surface area contributed by atoms with E-state index in [1.165, 1.54) is 40.7 Å². The van der Waals surface area contributed by atoms with Crippen LogP contribution in [-0.2, 0) is 20.5 Å². The summed E-state index contributed by atoms with van der Waals surface area (Å²) in [4.78, 5) is 8.77. The average molecular weight is 436 g/mol. The van der Waals surface area contributed by atoms with Crippen LogP contribution in [0.3, 0.4) is 0 Å². The van der Waals surface area contributed by atoms with Crippen LogP contribution in [0.1, 0.15) is 5.69 Å². The Morgan fingerprint density at radius 1 is 1.17 bits per heavy atom. The van der Waals surface area contributed by atoms with E-state index in [0.717, 1.165) is 0 Å². The van der Waals surface area contributed by atoms with Gasteiger partial charge >= 0.3 is 0 Å². The van der Waals surface area contributed by atoms with Crippen LogP contribution in [0.2, 0.25) is 0 Å². The van der Waals surface area contributed by atoms with Crippen molar-refractivity contribution in [1.82, 2.24) is 14.3 Å². The molecule has 1 saturated heterocycles. The molecule has 10 heteroatoms. The van der Waals surface area contributed by atoms with Crippen LogP contribution in [-0.4, -0.2) is 49.0 Å². The molecule has 4 rings (SSSR count). The fourth-order valence-corrected chi connectivity index (χ4v) is 4.89. The van der Waals surface area contributed by atoms with E-state index in [1.807, 2.05) is 0 Å².